The Morgan fingerprint density at radius 2 is 2.15 bits per heavy atom. The molecule has 6 heteroatoms. The average molecular weight is 278 g/mol. The lowest BCUT2D eigenvalue weighted by atomic mass is 9.79. The molecular weight excluding hydrogens is 256 g/mol. The Morgan fingerprint density at radius 1 is 1.40 bits per heavy atom. The van der Waals surface area contributed by atoms with Crippen molar-refractivity contribution >= 4 is 5.91 Å². The van der Waals surface area contributed by atoms with E-state index in [0.717, 1.165) is 32.6 Å². The van der Waals surface area contributed by atoms with Crippen LogP contribution in [0.5, 0.6) is 0 Å². The highest BCUT2D eigenvalue weighted by Crippen LogP contribution is 2.30. The van der Waals surface area contributed by atoms with Crippen LogP contribution in [0, 0.1) is 5.41 Å². The molecule has 0 aromatic carbocycles. The van der Waals surface area contributed by atoms with Gasteiger partial charge in [0.2, 0.25) is 0 Å². The molecule has 2 rings (SSSR count). The first-order valence-corrected chi connectivity index (χ1v) is 6.88. The molecule has 0 aliphatic carbocycles. The molecule has 0 radical (unpaired) electrons. The minimum atomic E-state index is -0.164. The summed E-state index contributed by atoms with van der Waals surface area (Å²) in [5, 5.41) is 2.99. The number of aromatic nitrogens is 2. The molecule has 6 nitrogen and oxygen atoms in total. The lowest BCUT2D eigenvalue weighted by Gasteiger charge is -2.39. The van der Waals surface area contributed by atoms with Gasteiger partial charge < -0.3 is 15.0 Å². The number of carbonyl (C=O) groups is 1. The van der Waals surface area contributed by atoms with Crippen LogP contribution in [0.1, 0.15) is 23.3 Å². The van der Waals surface area contributed by atoms with E-state index in [1.165, 1.54) is 12.4 Å². The van der Waals surface area contributed by atoms with Crippen LogP contribution in [0.3, 0.4) is 0 Å². The van der Waals surface area contributed by atoms with Crippen LogP contribution in [0.4, 0.5) is 0 Å². The second-order valence-electron chi connectivity index (χ2n) is 5.62. The predicted octanol–water partition coefficient (Wildman–Crippen LogP) is 0.565. The summed E-state index contributed by atoms with van der Waals surface area (Å²) in [6.07, 6.45) is 6.50. The van der Waals surface area contributed by atoms with E-state index in [1.54, 1.807) is 6.20 Å². The molecule has 1 aromatic rings. The van der Waals surface area contributed by atoms with Gasteiger partial charge in [0.25, 0.3) is 5.91 Å². The third-order valence-corrected chi connectivity index (χ3v) is 3.62. The van der Waals surface area contributed by atoms with Gasteiger partial charge in [-0.25, -0.2) is 4.98 Å². The maximum atomic E-state index is 12.1. The van der Waals surface area contributed by atoms with Crippen molar-refractivity contribution in [2.45, 2.75) is 12.8 Å². The van der Waals surface area contributed by atoms with Crippen molar-refractivity contribution in [1.82, 2.24) is 20.2 Å². The van der Waals surface area contributed by atoms with Crippen molar-refractivity contribution in [2.24, 2.45) is 5.41 Å². The van der Waals surface area contributed by atoms with Gasteiger partial charge in [-0.05, 0) is 26.9 Å². The van der Waals surface area contributed by atoms with Crippen LogP contribution < -0.4 is 5.32 Å². The van der Waals surface area contributed by atoms with Crippen LogP contribution in [0.15, 0.2) is 18.6 Å². The summed E-state index contributed by atoms with van der Waals surface area (Å²) < 4.78 is 5.44. The molecule has 0 bridgehead atoms. The molecule has 1 fully saturated rings. The topological polar surface area (TPSA) is 67.4 Å². The van der Waals surface area contributed by atoms with Gasteiger partial charge in [0.1, 0.15) is 5.69 Å². The molecule has 2 heterocycles. The predicted molar refractivity (Wildman–Crippen MR) is 75.4 cm³/mol. The molecule has 0 spiro atoms. The lowest BCUT2D eigenvalue weighted by molar-refractivity contribution is 0.00282. The fourth-order valence-corrected chi connectivity index (χ4v) is 2.64. The fourth-order valence-electron chi connectivity index (χ4n) is 2.64. The van der Waals surface area contributed by atoms with Crippen molar-refractivity contribution in [1.29, 1.82) is 0 Å². The summed E-state index contributed by atoms with van der Waals surface area (Å²) in [6, 6.07) is 0. The minimum absolute atomic E-state index is 0.0830. The van der Waals surface area contributed by atoms with Gasteiger partial charge in [-0.2, -0.15) is 0 Å². The van der Waals surface area contributed by atoms with Crippen LogP contribution in [0.25, 0.3) is 0 Å². The average Bonchev–Trinajstić information content (AvgIpc) is 2.46. The van der Waals surface area contributed by atoms with Gasteiger partial charge in [0, 0.05) is 44.1 Å². The Hall–Kier alpha value is -1.53. The molecule has 20 heavy (non-hydrogen) atoms. The largest absolute Gasteiger partial charge is 0.381 e. The Labute approximate surface area is 119 Å². The highest BCUT2D eigenvalue weighted by Gasteiger charge is 2.33. The Kier molecular flexibility index (Phi) is 5.03. The Balaban J connectivity index is 1.96. The molecule has 1 N–H and O–H groups in total. The normalized spacial score (nSPS) is 17.9. The third-order valence-electron chi connectivity index (χ3n) is 3.62. The number of rotatable bonds is 5. The molecule has 1 aromatic heterocycles. The first kappa shape index (κ1) is 14.9. The third kappa shape index (κ3) is 3.98. The highest BCUT2D eigenvalue weighted by atomic mass is 16.5. The van der Waals surface area contributed by atoms with Crippen molar-refractivity contribution in [3.05, 3.63) is 24.3 Å². The van der Waals surface area contributed by atoms with Crippen LogP contribution in [-0.2, 0) is 4.74 Å². The van der Waals surface area contributed by atoms with Crippen molar-refractivity contribution in [3.63, 3.8) is 0 Å². The maximum absolute atomic E-state index is 12.1. The number of ether oxygens (including phenoxy) is 1. The first-order valence-electron chi connectivity index (χ1n) is 6.88. The Bertz CT molecular complexity index is 430. The van der Waals surface area contributed by atoms with Crippen molar-refractivity contribution < 1.29 is 9.53 Å². The van der Waals surface area contributed by atoms with E-state index in [-0.39, 0.29) is 11.3 Å². The summed E-state index contributed by atoms with van der Waals surface area (Å²) in [5.74, 6) is -0.164. The quantitative estimate of drug-likeness (QED) is 0.852. The van der Waals surface area contributed by atoms with Crippen molar-refractivity contribution in [2.75, 3.05) is 40.4 Å². The smallest absolute Gasteiger partial charge is 0.271 e. The highest BCUT2D eigenvalue weighted by molar-refractivity contribution is 5.91. The fraction of sp³-hybridized carbons (Fsp3) is 0.643. The second-order valence-corrected chi connectivity index (χ2v) is 5.62. The summed E-state index contributed by atoms with van der Waals surface area (Å²) in [6.45, 7) is 3.10. The van der Waals surface area contributed by atoms with Gasteiger partial charge in [-0.15, -0.1) is 0 Å². The molecule has 110 valence electrons. The molecule has 1 amide bonds. The first-order chi connectivity index (χ1) is 9.61. The summed E-state index contributed by atoms with van der Waals surface area (Å²) in [7, 11) is 4.11. The lowest BCUT2D eigenvalue weighted by Crippen LogP contribution is -2.47. The van der Waals surface area contributed by atoms with Gasteiger partial charge in [-0.1, -0.05) is 0 Å². The van der Waals surface area contributed by atoms with E-state index in [9.17, 15) is 4.79 Å². The zero-order chi connectivity index (χ0) is 14.4. The number of hydrogen-bond acceptors (Lipinski definition) is 5. The summed E-state index contributed by atoms with van der Waals surface area (Å²) >= 11 is 0. The SMILES string of the molecule is CN(C)CC1(CNC(=O)c2cnccn2)CCOCC1. The van der Waals surface area contributed by atoms with E-state index in [2.05, 4.69) is 34.3 Å². The van der Waals surface area contributed by atoms with Gasteiger partial charge in [-0.3, -0.25) is 9.78 Å². The number of nitrogens with one attached hydrogen (secondary N) is 1. The standard InChI is InChI=1S/C14H22N4O2/c1-18(2)11-14(3-7-20-8-4-14)10-17-13(19)12-9-15-5-6-16-12/h5-6,9H,3-4,7-8,10-11H2,1-2H3,(H,17,19). The Morgan fingerprint density at radius 3 is 2.75 bits per heavy atom. The van der Waals surface area contributed by atoms with Gasteiger partial charge in [0.05, 0.1) is 6.20 Å². The number of amides is 1. The minimum Gasteiger partial charge on any atom is -0.381 e. The van der Waals surface area contributed by atoms with Crippen LogP contribution in [0.2, 0.25) is 0 Å². The zero-order valence-electron chi connectivity index (χ0n) is 12.1. The molecule has 0 unspecified atom stereocenters. The second kappa shape index (κ2) is 6.76. The molecule has 1 aliphatic heterocycles. The van der Waals surface area contributed by atoms with E-state index >= 15 is 0 Å². The number of carbonyl (C=O) groups excluding carboxylic acids is 1. The number of nitrogens with zero attached hydrogens (tertiary/aromatic N) is 3. The van der Waals surface area contributed by atoms with Gasteiger partial charge >= 0.3 is 0 Å². The summed E-state index contributed by atoms with van der Waals surface area (Å²) in [4.78, 5) is 22.2. The molecule has 0 atom stereocenters. The summed E-state index contributed by atoms with van der Waals surface area (Å²) in [5.41, 5.74) is 0.444. The van der Waals surface area contributed by atoms with Crippen LogP contribution in [-0.4, -0.2) is 61.2 Å². The monoisotopic (exact) mass is 278 g/mol. The molecule has 0 saturated carbocycles. The van der Waals surface area contributed by atoms with E-state index in [0.29, 0.717) is 12.2 Å². The molecular formula is C14H22N4O2. The van der Waals surface area contributed by atoms with Crippen molar-refractivity contribution in [3.8, 4) is 0 Å². The molecule has 1 aliphatic rings. The van der Waals surface area contributed by atoms with E-state index in [4.69, 9.17) is 4.74 Å². The van der Waals surface area contributed by atoms with E-state index < -0.39 is 0 Å². The van der Waals surface area contributed by atoms with Crippen LogP contribution >= 0.6 is 0 Å². The van der Waals surface area contributed by atoms with E-state index in [1.807, 2.05) is 0 Å². The van der Waals surface area contributed by atoms with Gasteiger partial charge in [0.15, 0.2) is 0 Å². The number of hydrogen-bond donors (Lipinski definition) is 1. The maximum Gasteiger partial charge on any atom is 0.271 e. The zero-order valence-corrected chi connectivity index (χ0v) is 12.1. The molecule has 1 saturated heterocycles.